The molecule has 1 heterocycles. The SMILES string of the molecule is Cn1nc(CC2CCCCC2)c(C2CCC2)c1NC(=O)C[C@@H]1CC(F)(F)C1(F)F. The number of aromatic nitrogens is 2. The van der Waals surface area contributed by atoms with E-state index in [1.54, 1.807) is 11.7 Å². The van der Waals surface area contributed by atoms with Crippen molar-refractivity contribution in [1.29, 1.82) is 0 Å². The van der Waals surface area contributed by atoms with E-state index in [-0.39, 0.29) is 0 Å². The first-order chi connectivity index (χ1) is 13.7. The number of halogens is 4. The van der Waals surface area contributed by atoms with Gasteiger partial charge in [-0.1, -0.05) is 38.5 Å². The molecule has 0 radical (unpaired) electrons. The standard InChI is InChI=1S/C21H29F4N3O/c1-28-19(26-17(29)11-15-12-20(22,23)21(15,24)25)18(14-8-5-9-14)16(27-28)10-13-6-3-2-4-7-13/h13-15H,2-12H2,1H3,(H,26,29)/t15-/m1/s1. The van der Waals surface area contributed by atoms with Gasteiger partial charge in [-0.2, -0.15) is 22.7 Å². The summed E-state index contributed by atoms with van der Waals surface area (Å²) in [7, 11) is 1.74. The average Bonchev–Trinajstić information content (AvgIpc) is 2.89. The fourth-order valence-electron chi connectivity index (χ4n) is 5.03. The molecule has 1 aromatic rings. The van der Waals surface area contributed by atoms with Crippen molar-refractivity contribution in [2.75, 3.05) is 5.32 Å². The molecule has 0 spiro atoms. The Morgan fingerprint density at radius 3 is 2.34 bits per heavy atom. The molecule has 0 unspecified atom stereocenters. The van der Waals surface area contributed by atoms with E-state index in [1.807, 2.05) is 0 Å². The lowest BCUT2D eigenvalue weighted by Crippen LogP contribution is -2.59. The zero-order valence-corrected chi connectivity index (χ0v) is 16.8. The number of amides is 1. The van der Waals surface area contributed by atoms with Gasteiger partial charge in [0.05, 0.1) is 5.69 Å². The lowest BCUT2D eigenvalue weighted by molar-refractivity contribution is -0.313. The van der Waals surface area contributed by atoms with Crippen LogP contribution in [0.25, 0.3) is 0 Å². The average molecular weight is 415 g/mol. The van der Waals surface area contributed by atoms with E-state index in [0.29, 0.717) is 17.7 Å². The second-order valence-electron chi connectivity index (χ2n) is 9.15. The van der Waals surface area contributed by atoms with Crippen molar-refractivity contribution in [1.82, 2.24) is 9.78 Å². The van der Waals surface area contributed by atoms with E-state index in [1.165, 1.54) is 32.1 Å². The molecule has 3 aliphatic rings. The maximum atomic E-state index is 13.5. The van der Waals surface area contributed by atoms with Crippen molar-refractivity contribution in [3.63, 3.8) is 0 Å². The Morgan fingerprint density at radius 1 is 1.10 bits per heavy atom. The molecule has 1 aromatic heterocycles. The highest BCUT2D eigenvalue weighted by molar-refractivity contribution is 5.91. The molecular weight excluding hydrogens is 386 g/mol. The normalized spacial score (nSPS) is 26.6. The summed E-state index contributed by atoms with van der Waals surface area (Å²) in [6, 6.07) is 0. The minimum Gasteiger partial charge on any atom is -0.311 e. The van der Waals surface area contributed by atoms with Gasteiger partial charge in [-0.25, -0.2) is 0 Å². The van der Waals surface area contributed by atoms with Gasteiger partial charge in [-0.15, -0.1) is 0 Å². The van der Waals surface area contributed by atoms with Crippen LogP contribution in [0.4, 0.5) is 23.4 Å². The van der Waals surface area contributed by atoms with Gasteiger partial charge in [-0.3, -0.25) is 9.48 Å². The highest BCUT2D eigenvalue weighted by Gasteiger charge is 2.71. The van der Waals surface area contributed by atoms with Crippen LogP contribution < -0.4 is 5.32 Å². The maximum absolute atomic E-state index is 13.5. The van der Waals surface area contributed by atoms with E-state index in [9.17, 15) is 22.4 Å². The van der Waals surface area contributed by atoms with Gasteiger partial charge in [0.15, 0.2) is 0 Å². The number of aryl methyl sites for hydroxylation is 1. The number of nitrogens with one attached hydrogen (secondary N) is 1. The van der Waals surface area contributed by atoms with Crippen LogP contribution in [0.3, 0.4) is 0 Å². The summed E-state index contributed by atoms with van der Waals surface area (Å²) >= 11 is 0. The number of carbonyl (C=O) groups is 1. The number of hydrogen-bond acceptors (Lipinski definition) is 2. The van der Waals surface area contributed by atoms with Crippen LogP contribution in [0, 0.1) is 11.8 Å². The van der Waals surface area contributed by atoms with Crippen LogP contribution in [-0.2, 0) is 18.3 Å². The number of carbonyl (C=O) groups excluding carboxylic acids is 1. The second-order valence-corrected chi connectivity index (χ2v) is 9.15. The summed E-state index contributed by atoms with van der Waals surface area (Å²) in [6.07, 6.45) is 8.64. The van der Waals surface area contributed by atoms with Gasteiger partial charge >= 0.3 is 11.8 Å². The summed E-state index contributed by atoms with van der Waals surface area (Å²) in [5, 5.41) is 7.39. The molecule has 1 amide bonds. The monoisotopic (exact) mass is 415 g/mol. The minimum absolute atomic E-state index is 0.326. The Morgan fingerprint density at radius 2 is 1.79 bits per heavy atom. The zero-order chi connectivity index (χ0) is 20.8. The molecule has 0 saturated heterocycles. The predicted molar refractivity (Wildman–Crippen MR) is 101 cm³/mol. The van der Waals surface area contributed by atoms with E-state index < -0.39 is 36.5 Å². The van der Waals surface area contributed by atoms with Crippen molar-refractivity contribution in [2.45, 2.75) is 88.4 Å². The molecule has 1 atom stereocenters. The quantitative estimate of drug-likeness (QED) is 0.630. The molecule has 8 heteroatoms. The third-order valence-corrected chi connectivity index (χ3v) is 7.07. The largest absolute Gasteiger partial charge is 0.313 e. The van der Waals surface area contributed by atoms with Crippen molar-refractivity contribution in [3.05, 3.63) is 11.3 Å². The number of alkyl halides is 4. The molecule has 0 bridgehead atoms. The molecule has 3 aliphatic carbocycles. The van der Waals surface area contributed by atoms with E-state index in [2.05, 4.69) is 10.4 Å². The Labute approximate surface area is 168 Å². The Hall–Kier alpha value is -1.60. The highest BCUT2D eigenvalue weighted by atomic mass is 19.3. The Kier molecular flexibility index (Phi) is 5.40. The molecular formula is C21H29F4N3O. The van der Waals surface area contributed by atoms with E-state index in [4.69, 9.17) is 0 Å². The van der Waals surface area contributed by atoms with Crippen molar-refractivity contribution < 1.29 is 22.4 Å². The second kappa shape index (κ2) is 7.58. The van der Waals surface area contributed by atoms with E-state index >= 15 is 0 Å². The molecule has 4 nitrogen and oxygen atoms in total. The lowest BCUT2D eigenvalue weighted by Gasteiger charge is -2.43. The molecule has 29 heavy (non-hydrogen) atoms. The van der Waals surface area contributed by atoms with Crippen LogP contribution in [0.2, 0.25) is 0 Å². The van der Waals surface area contributed by atoms with Crippen molar-refractivity contribution >= 4 is 11.7 Å². The summed E-state index contributed by atoms with van der Waals surface area (Å²) in [4.78, 5) is 12.4. The third-order valence-electron chi connectivity index (χ3n) is 7.07. The first kappa shape index (κ1) is 20.7. The van der Waals surface area contributed by atoms with Crippen molar-refractivity contribution in [2.24, 2.45) is 18.9 Å². The van der Waals surface area contributed by atoms with Gasteiger partial charge in [0.25, 0.3) is 0 Å². The van der Waals surface area contributed by atoms with Crippen LogP contribution in [0.1, 0.15) is 81.4 Å². The van der Waals surface area contributed by atoms with Gasteiger partial charge in [0, 0.05) is 31.4 Å². The van der Waals surface area contributed by atoms with Gasteiger partial charge in [0.1, 0.15) is 5.82 Å². The first-order valence-electron chi connectivity index (χ1n) is 10.8. The fraction of sp³-hybridized carbons (Fsp3) is 0.810. The molecule has 3 saturated carbocycles. The van der Waals surface area contributed by atoms with Crippen LogP contribution in [0.5, 0.6) is 0 Å². The highest BCUT2D eigenvalue weighted by Crippen LogP contribution is 2.56. The Balaban J connectivity index is 1.48. The molecule has 1 N–H and O–H groups in total. The molecule has 162 valence electrons. The molecule has 0 aliphatic heterocycles. The van der Waals surface area contributed by atoms with Crippen LogP contribution in [-0.4, -0.2) is 27.5 Å². The van der Waals surface area contributed by atoms with Crippen LogP contribution >= 0.6 is 0 Å². The molecule has 4 rings (SSSR count). The van der Waals surface area contributed by atoms with Crippen LogP contribution in [0.15, 0.2) is 0 Å². The van der Waals surface area contributed by atoms with Gasteiger partial charge in [0.2, 0.25) is 5.91 Å². The summed E-state index contributed by atoms with van der Waals surface area (Å²) in [5.74, 6) is -8.89. The smallest absolute Gasteiger partial charge is 0.311 e. The number of nitrogens with zero attached hydrogens (tertiary/aromatic N) is 2. The summed E-state index contributed by atoms with van der Waals surface area (Å²) < 4.78 is 54.8. The van der Waals surface area contributed by atoms with E-state index in [0.717, 1.165) is 36.9 Å². The van der Waals surface area contributed by atoms with Gasteiger partial charge < -0.3 is 5.32 Å². The first-order valence-corrected chi connectivity index (χ1v) is 10.8. The minimum atomic E-state index is -4.11. The topological polar surface area (TPSA) is 46.9 Å². The number of rotatable bonds is 6. The zero-order valence-electron chi connectivity index (χ0n) is 16.8. The number of anilines is 1. The third kappa shape index (κ3) is 3.79. The maximum Gasteiger partial charge on any atom is 0.313 e. The number of hydrogen-bond donors (Lipinski definition) is 1. The fourth-order valence-corrected chi connectivity index (χ4v) is 5.03. The van der Waals surface area contributed by atoms with Gasteiger partial charge in [-0.05, 0) is 31.1 Å². The Bertz CT molecular complexity index is 766. The predicted octanol–water partition coefficient (Wildman–Crippen LogP) is 5.43. The molecule has 3 fully saturated rings. The molecule has 0 aromatic carbocycles. The summed E-state index contributed by atoms with van der Waals surface area (Å²) in [6.45, 7) is 0. The summed E-state index contributed by atoms with van der Waals surface area (Å²) in [5.41, 5.74) is 2.03. The van der Waals surface area contributed by atoms with Crippen molar-refractivity contribution in [3.8, 4) is 0 Å². The lowest BCUT2D eigenvalue weighted by atomic mass is 9.74.